The van der Waals surface area contributed by atoms with Crippen molar-refractivity contribution >= 4 is 11.6 Å². The molecule has 0 radical (unpaired) electrons. The molecule has 1 aromatic rings. The standard InChI is InChI=1S/C15H19NO4/c1-16-12-6-11(15(19-3)20-4)13(18-2)7-9(12)8-5-10(8)14(16)17/h6-8,10,15H,5H2,1-4H3. The molecule has 5 nitrogen and oxygen atoms in total. The molecule has 3 rings (SSSR count). The van der Waals surface area contributed by atoms with Crippen LogP contribution >= 0.6 is 0 Å². The quantitative estimate of drug-likeness (QED) is 0.790. The number of hydrogen-bond acceptors (Lipinski definition) is 4. The fourth-order valence-corrected chi connectivity index (χ4v) is 3.08. The number of carbonyl (C=O) groups is 1. The fourth-order valence-electron chi connectivity index (χ4n) is 3.08. The summed E-state index contributed by atoms with van der Waals surface area (Å²) in [7, 11) is 6.62. The smallest absolute Gasteiger partial charge is 0.230 e. The molecule has 1 aliphatic carbocycles. The number of ether oxygens (including phenoxy) is 3. The van der Waals surface area contributed by atoms with Crippen LogP contribution in [-0.4, -0.2) is 34.3 Å². The van der Waals surface area contributed by atoms with E-state index in [2.05, 4.69) is 0 Å². The maximum Gasteiger partial charge on any atom is 0.230 e. The van der Waals surface area contributed by atoms with E-state index in [1.165, 1.54) is 5.56 Å². The van der Waals surface area contributed by atoms with Gasteiger partial charge in [-0.25, -0.2) is 0 Å². The first-order valence-corrected chi connectivity index (χ1v) is 6.67. The van der Waals surface area contributed by atoms with Gasteiger partial charge in [-0.15, -0.1) is 0 Å². The first kappa shape index (κ1) is 13.4. The average molecular weight is 277 g/mol. The molecule has 2 unspecified atom stereocenters. The molecule has 1 heterocycles. The van der Waals surface area contributed by atoms with Crippen molar-refractivity contribution in [1.82, 2.24) is 0 Å². The van der Waals surface area contributed by atoms with Gasteiger partial charge in [0.15, 0.2) is 6.29 Å². The van der Waals surface area contributed by atoms with E-state index < -0.39 is 6.29 Å². The number of benzene rings is 1. The van der Waals surface area contributed by atoms with Gasteiger partial charge in [0.2, 0.25) is 5.91 Å². The fraction of sp³-hybridized carbons (Fsp3) is 0.533. The summed E-state index contributed by atoms with van der Waals surface area (Å²) in [6.45, 7) is 0. The zero-order valence-corrected chi connectivity index (χ0v) is 12.2. The predicted octanol–water partition coefficient (Wildman–Crippen LogP) is 2.07. The highest BCUT2D eigenvalue weighted by Crippen LogP contribution is 2.56. The van der Waals surface area contributed by atoms with Crippen LogP contribution in [0.1, 0.15) is 29.8 Å². The molecule has 5 heteroatoms. The summed E-state index contributed by atoms with van der Waals surface area (Å²) in [5.74, 6) is 1.44. The minimum atomic E-state index is -0.504. The second-order valence-electron chi connectivity index (χ2n) is 5.30. The summed E-state index contributed by atoms with van der Waals surface area (Å²) in [6, 6.07) is 3.96. The molecular formula is C15H19NO4. The summed E-state index contributed by atoms with van der Waals surface area (Å²) < 4.78 is 16.1. The van der Waals surface area contributed by atoms with E-state index in [0.29, 0.717) is 5.92 Å². The van der Waals surface area contributed by atoms with E-state index in [1.54, 1.807) is 26.2 Å². The Hall–Kier alpha value is -1.59. The van der Waals surface area contributed by atoms with Crippen LogP contribution in [0.25, 0.3) is 0 Å². The monoisotopic (exact) mass is 277 g/mol. The van der Waals surface area contributed by atoms with Gasteiger partial charge in [0.25, 0.3) is 0 Å². The van der Waals surface area contributed by atoms with Crippen molar-refractivity contribution < 1.29 is 19.0 Å². The molecule has 0 N–H and O–H groups in total. The van der Waals surface area contributed by atoms with Gasteiger partial charge in [0.1, 0.15) is 5.75 Å². The maximum absolute atomic E-state index is 12.1. The molecule has 0 spiro atoms. The lowest BCUT2D eigenvalue weighted by molar-refractivity contribution is -0.119. The molecule has 1 aliphatic heterocycles. The Morgan fingerprint density at radius 1 is 1.20 bits per heavy atom. The molecule has 1 amide bonds. The molecule has 0 aromatic heterocycles. The molecule has 20 heavy (non-hydrogen) atoms. The lowest BCUT2D eigenvalue weighted by Crippen LogP contribution is -2.32. The second-order valence-corrected chi connectivity index (χ2v) is 5.30. The molecular weight excluding hydrogens is 258 g/mol. The minimum Gasteiger partial charge on any atom is -0.496 e. The molecule has 1 fully saturated rings. The van der Waals surface area contributed by atoms with Crippen LogP contribution in [0, 0.1) is 5.92 Å². The van der Waals surface area contributed by atoms with Crippen molar-refractivity contribution in [3.8, 4) is 5.75 Å². The summed E-state index contributed by atoms with van der Waals surface area (Å²) in [5, 5.41) is 0. The Balaban J connectivity index is 2.11. The van der Waals surface area contributed by atoms with Crippen LogP contribution in [0.3, 0.4) is 0 Å². The number of carbonyl (C=O) groups excluding carboxylic acids is 1. The second kappa shape index (κ2) is 4.75. The van der Waals surface area contributed by atoms with Crippen LogP contribution in [0.2, 0.25) is 0 Å². The summed E-state index contributed by atoms with van der Waals surface area (Å²) >= 11 is 0. The van der Waals surface area contributed by atoms with Crippen LogP contribution in [0.4, 0.5) is 5.69 Å². The number of anilines is 1. The van der Waals surface area contributed by atoms with Crippen LogP contribution in [0.5, 0.6) is 5.75 Å². The van der Waals surface area contributed by atoms with Gasteiger partial charge in [-0.05, 0) is 30.0 Å². The van der Waals surface area contributed by atoms with E-state index in [0.717, 1.165) is 23.4 Å². The lowest BCUT2D eigenvalue weighted by atomic mass is 9.98. The third kappa shape index (κ3) is 1.81. The van der Waals surface area contributed by atoms with Crippen molar-refractivity contribution in [2.24, 2.45) is 5.92 Å². The van der Waals surface area contributed by atoms with E-state index in [4.69, 9.17) is 14.2 Å². The third-order valence-electron chi connectivity index (χ3n) is 4.26. The van der Waals surface area contributed by atoms with Crippen LogP contribution in [-0.2, 0) is 14.3 Å². The molecule has 2 atom stereocenters. The van der Waals surface area contributed by atoms with E-state index in [1.807, 2.05) is 19.2 Å². The van der Waals surface area contributed by atoms with Gasteiger partial charge in [-0.2, -0.15) is 0 Å². The number of rotatable bonds is 4. The predicted molar refractivity (Wildman–Crippen MR) is 74.0 cm³/mol. The molecule has 2 aliphatic rings. The number of nitrogens with zero attached hydrogens (tertiary/aromatic N) is 1. The topological polar surface area (TPSA) is 48.0 Å². The zero-order valence-electron chi connectivity index (χ0n) is 12.2. The molecule has 0 bridgehead atoms. The van der Waals surface area contributed by atoms with Crippen molar-refractivity contribution in [2.45, 2.75) is 18.6 Å². The van der Waals surface area contributed by atoms with Crippen molar-refractivity contribution in [2.75, 3.05) is 33.3 Å². The van der Waals surface area contributed by atoms with Crippen molar-refractivity contribution in [3.63, 3.8) is 0 Å². The van der Waals surface area contributed by atoms with Crippen molar-refractivity contribution in [1.29, 1.82) is 0 Å². The van der Waals surface area contributed by atoms with Gasteiger partial charge in [-0.3, -0.25) is 4.79 Å². The summed E-state index contributed by atoms with van der Waals surface area (Å²) in [4.78, 5) is 13.9. The minimum absolute atomic E-state index is 0.156. The molecule has 0 saturated heterocycles. The number of hydrogen-bond donors (Lipinski definition) is 0. The first-order chi connectivity index (χ1) is 9.62. The Morgan fingerprint density at radius 2 is 1.90 bits per heavy atom. The number of fused-ring (bicyclic) bond motifs is 3. The zero-order chi connectivity index (χ0) is 14.4. The molecule has 1 saturated carbocycles. The Bertz CT molecular complexity index is 553. The summed E-state index contributed by atoms with van der Waals surface area (Å²) in [5.41, 5.74) is 2.92. The van der Waals surface area contributed by atoms with Gasteiger partial charge < -0.3 is 19.1 Å². The van der Waals surface area contributed by atoms with Crippen LogP contribution < -0.4 is 9.64 Å². The molecule has 1 aromatic carbocycles. The lowest BCUT2D eigenvalue weighted by Gasteiger charge is -2.28. The Morgan fingerprint density at radius 3 is 2.50 bits per heavy atom. The number of methoxy groups -OCH3 is 3. The number of amides is 1. The largest absolute Gasteiger partial charge is 0.496 e. The maximum atomic E-state index is 12.1. The van der Waals surface area contributed by atoms with E-state index >= 15 is 0 Å². The SMILES string of the molecule is COc1cc2c(cc1C(OC)OC)N(C)C(=O)C1CC21. The van der Waals surface area contributed by atoms with Gasteiger partial charge in [0.05, 0.1) is 12.7 Å². The normalized spacial score (nSPS) is 23.6. The molecule has 108 valence electrons. The average Bonchev–Trinajstić information content (AvgIpc) is 3.26. The van der Waals surface area contributed by atoms with Gasteiger partial charge in [-0.1, -0.05) is 0 Å². The van der Waals surface area contributed by atoms with Gasteiger partial charge >= 0.3 is 0 Å². The van der Waals surface area contributed by atoms with Crippen molar-refractivity contribution in [3.05, 3.63) is 23.3 Å². The van der Waals surface area contributed by atoms with Crippen LogP contribution in [0.15, 0.2) is 12.1 Å². The Labute approximate surface area is 118 Å². The highest BCUT2D eigenvalue weighted by atomic mass is 16.7. The Kier molecular flexibility index (Phi) is 3.18. The highest BCUT2D eigenvalue weighted by molar-refractivity contribution is 6.01. The third-order valence-corrected chi connectivity index (χ3v) is 4.26. The summed E-state index contributed by atoms with van der Waals surface area (Å²) in [6.07, 6.45) is 0.437. The highest BCUT2D eigenvalue weighted by Gasteiger charge is 2.50. The first-order valence-electron chi connectivity index (χ1n) is 6.67. The van der Waals surface area contributed by atoms with Gasteiger partial charge in [0, 0.05) is 32.9 Å². The van der Waals surface area contributed by atoms with E-state index in [9.17, 15) is 4.79 Å². The van der Waals surface area contributed by atoms with E-state index in [-0.39, 0.29) is 11.8 Å².